The van der Waals surface area contributed by atoms with Gasteiger partial charge in [0.05, 0.1) is 26.0 Å². The minimum absolute atomic E-state index is 0. The van der Waals surface area contributed by atoms with Gasteiger partial charge in [-0.2, -0.15) is 0 Å². The fourth-order valence-corrected chi connectivity index (χ4v) is 4.97. The van der Waals surface area contributed by atoms with Gasteiger partial charge in [0.2, 0.25) is 0 Å². The maximum Gasteiger partial charge on any atom is 0.194 e. The van der Waals surface area contributed by atoms with Gasteiger partial charge in [0.15, 0.2) is 5.96 Å². The molecule has 2 saturated heterocycles. The summed E-state index contributed by atoms with van der Waals surface area (Å²) in [4.78, 5) is 9.99. The third-order valence-corrected chi connectivity index (χ3v) is 6.67. The second kappa shape index (κ2) is 11.6. The van der Waals surface area contributed by atoms with Gasteiger partial charge >= 0.3 is 0 Å². The Morgan fingerprint density at radius 1 is 1.10 bits per heavy atom. The van der Waals surface area contributed by atoms with E-state index in [-0.39, 0.29) is 24.0 Å². The molecule has 0 unspecified atom stereocenters. The van der Waals surface area contributed by atoms with Crippen molar-refractivity contribution in [3.8, 4) is 0 Å². The van der Waals surface area contributed by atoms with Gasteiger partial charge in [-0.25, -0.2) is 0 Å². The summed E-state index contributed by atoms with van der Waals surface area (Å²) in [6.45, 7) is 8.83. The van der Waals surface area contributed by atoms with E-state index in [2.05, 4.69) is 15.1 Å². The number of halogens is 1. The van der Waals surface area contributed by atoms with Crippen molar-refractivity contribution in [1.29, 1.82) is 0 Å². The van der Waals surface area contributed by atoms with Crippen LogP contribution in [0.4, 0.5) is 0 Å². The highest BCUT2D eigenvalue weighted by Gasteiger charge is 2.39. The van der Waals surface area contributed by atoms with E-state index in [4.69, 9.17) is 14.1 Å². The molecule has 1 aliphatic carbocycles. The standard InChI is InChI=1S/C22H36N4O2.HI/c1-2-7-22(8-3-1)9-12-26(19-22)21(23-10-6-20-5-4-16-28-20)24-11-13-25-14-17-27-18-15-25;/h4-5,16H,1-3,6-15,17-19H2,(H,23,24);1H. The molecule has 2 aliphatic heterocycles. The van der Waals surface area contributed by atoms with Gasteiger partial charge in [0, 0.05) is 45.7 Å². The maximum atomic E-state index is 5.48. The lowest BCUT2D eigenvalue weighted by Gasteiger charge is -2.33. The van der Waals surface area contributed by atoms with E-state index in [1.165, 1.54) is 45.1 Å². The van der Waals surface area contributed by atoms with E-state index < -0.39 is 0 Å². The number of nitrogens with one attached hydrogen (secondary N) is 1. The molecule has 29 heavy (non-hydrogen) atoms. The van der Waals surface area contributed by atoms with E-state index in [1.54, 1.807) is 6.26 Å². The highest BCUT2D eigenvalue weighted by atomic mass is 127. The molecule has 1 aromatic rings. The SMILES string of the molecule is I.c1coc(CCNC(=NCCN2CCOCC2)N2CCC3(CCCCC3)C2)c1. The normalized spacial score (nSPS) is 22.6. The minimum Gasteiger partial charge on any atom is -0.469 e. The number of aliphatic imine (C=N–C) groups is 1. The molecule has 1 N–H and O–H groups in total. The van der Waals surface area contributed by atoms with Gasteiger partial charge in [-0.1, -0.05) is 19.3 Å². The number of hydrogen-bond acceptors (Lipinski definition) is 4. The van der Waals surface area contributed by atoms with Crippen molar-refractivity contribution in [2.45, 2.75) is 44.9 Å². The summed E-state index contributed by atoms with van der Waals surface area (Å²) in [5.74, 6) is 2.13. The maximum absolute atomic E-state index is 5.48. The third kappa shape index (κ3) is 6.59. The van der Waals surface area contributed by atoms with Crippen LogP contribution in [0.2, 0.25) is 0 Å². The highest BCUT2D eigenvalue weighted by Crippen LogP contribution is 2.43. The van der Waals surface area contributed by atoms with Gasteiger partial charge < -0.3 is 19.4 Å². The number of nitrogens with zero attached hydrogens (tertiary/aromatic N) is 3. The van der Waals surface area contributed by atoms with Crippen molar-refractivity contribution in [2.24, 2.45) is 10.4 Å². The second-order valence-electron chi connectivity index (χ2n) is 8.65. The van der Waals surface area contributed by atoms with E-state index >= 15 is 0 Å². The molecule has 3 heterocycles. The monoisotopic (exact) mass is 516 g/mol. The fraction of sp³-hybridized carbons (Fsp3) is 0.773. The molecule has 0 bridgehead atoms. The summed E-state index contributed by atoms with van der Waals surface area (Å²) in [6, 6.07) is 4.00. The van der Waals surface area contributed by atoms with Crippen LogP contribution < -0.4 is 5.32 Å². The number of morpholine rings is 1. The van der Waals surface area contributed by atoms with E-state index in [0.29, 0.717) is 5.41 Å². The molecule has 0 atom stereocenters. The Labute approximate surface area is 192 Å². The Morgan fingerprint density at radius 3 is 2.69 bits per heavy atom. The van der Waals surface area contributed by atoms with E-state index in [1.807, 2.05) is 12.1 Å². The molecule has 0 radical (unpaired) electrons. The summed E-state index contributed by atoms with van der Waals surface area (Å²) >= 11 is 0. The molecule has 3 fully saturated rings. The number of likely N-dealkylation sites (tertiary alicyclic amines) is 1. The first-order chi connectivity index (χ1) is 13.8. The van der Waals surface area contributed by atoms with Crippen LogP contribution in [0.25, 0.3) is 0 Å². The van der Waals surface area contributed by atoms with Crippen molar-refractivity contribution < 1.29 is 9.15 Å². The molecule has 4 rings (SSSR count). The Hall–Kier alpha value is -0.800. The molecule has 0 aromatic carbocycles. The molecule has 1 saturated carbocycles. The highest BCUT2D eigenvalue weighted by molar-refractivity contribution is 14.0. The average molecular weight is 516 g/mol. The fourth-order valence-electron chi connectivity index (χ4n) is 4.97. The quantitative estimate of drug-likeness (QED) is 0.357. The lowest BCUT2D eigenvalue weighted by Crippen LogP contribution is -2.43. The summed E-state index contributed by atoms with van der Waals surface area (Å²) in [5, 5.41) is 3.63. The Balaban J connectivity index is 0.00000240. The largest absolute Gasteiger partial charge is 0.469 e. The summed E-state index contributed by atoms with van der Waals surface area (Å²) in [6.07, 6.45) is 11.0. The molecular weight excluding hydrogens is 479 g/mol. The topological polar surface area (TPSA) is 53.2 Å². The molecule has 0 amide bonds. The lowest BCUT2D eigenvalue weighted by molar-refractivity contribution is 0.0394. The first-order valence-electron chi connectivity index (χ1n) is 11.2. The molecule has 6 nitrogen and oxygen atoms in total. The van der Waals surface area contributed by atoms with Crippen molar-refractivity contribution in [1.82, 2.24) is 15.1 Å². The van der Waals surface area contributed by atoms with Crippen molar-refractivity contribution in [3.05, 3.63) is 24.2 Å². The molecule has 7 heteroatoms. The van der Waals surface area contributed by atoms with Crippen LogP contribution in [0.5, 0.6) is 0 Å². The van der Waals surface area contributed by atoms with Gasteiger partial charge in [-0.15, -0.1) is 24.0 Å². The van der Waals surface area contributed by atoms with Gasteiger partial charge in [0.25, 0.3) is 0 Å². The predicted octanol–water partition coefficient (Wildman–Crippen LogP) is 3.37. The van der Waals surface area contributed by atoms with Crippen LogP contribution in [-0.2, 0) is 11.2 Å². The van der Waals surface area contributed by atoms with Crippen LogP contribution in [0, 0.1) is 5.41 Å². The van der Waals surface area contributed by atoms with Gasteiger partial charge in [0.1, 0.15) is 5.76 Å². The van der Waals surface area contributed by atoms with Crippen molar-refractivity contribution >= 4 is 29.9 Å². The van der Waals surface area contributed by atoms with Gasteiger partial charge in [-0.05, 0) is 36.8 Å². The summed E-state index contributed by atoms with van der Waals surface area (Å²) in [5.41, 5.74) is 0.548. The van der Waals surface area contributed by atoms with Crippen LogP contribution in [-0.4, -0.2) is 74.8 Å². The van der Waals surface area contributed by atoms with Crippen molar-refractivity contribution in [2.75, 3.05) is 59.0 Å². The molecule has 1 spiro atoms. The first kappa shape index (κ1) is 22.9. The van der Waals surface area contributed by atoms with E-state index in [0.717, 1.165) is 70.6 Å². The molecule has 1 aromatic heterocycles. The molecular formula is C22H37IN4O2. The van der Waals surface area contributed by atoms with Crippen LogP contribution in [0.1, 0.15) is 44.3 Å². The van der Waals surface area contributed by atoms with E-state index in [9.17, 15) is 0 Å². The minimum atomic E-state index is 0. The third-order valence-electron chi connectivity index (χ3n) is 6.67. The number of guanidine groups is 1. The molecule has 3 aliphatic rings. The zero-order valence-corrected chi connectivity index (χ0v) is 19.9. The van der Waals surface area contributed by atoms with Crippen LogP contribution in [0.3, 0.4) is 0 Å². The lowest BCUT2D eigenvalue weighted by atomic mass is 9.73. The Bertz CT molecular complexity index is 610. The average Bonchev–Trinajstić information content (AvgIpc) is 3.39. The van der Waals surface area contributed by atoms with Gasteiger partial charge in [-0.3, -0.25) is 9.89 Å². The second-order valence-corrected chi connectivity index (χ2v) is 8.65. The first-order valence-corrected chi connectivity index (χ1v) is 11.2. The predicted molar refractivity (Wildman–Crippen MR) is 127 cm³/mol. The zero-order chi connectivity index (χ0) is 19.1. The summed E-state index contributed by atoms with van der Waals surface area (Å²) in [7, 11) is 0. The number of ether oxygens (including phenoxy) is 1. The molecule has 164 valence electrons. The number of hydrogen-bond donors (Lipinski definition) is 1. The smallest absolute Gasteiger partial charge is 0.194 e. The summed E-state index contributed by atoms with van der Waals surface area (Å²) < 4.78 is 10.9. The Kier molecular flexibility index (Phi) is 9.11. The van der Waals surface area contributed by atoms with Crippen LogP contribution in [0.15, 0.2) is 27.8 Å². The van der Waals surface area contributed by atoms with Crippen molar-refractivity contribution in [3.63, 3.8) is 0 Å². The Morgan fingerprint density at radius 2 is 1.93 bits per heavy atom. The zero-order valence-electron chi connectivity index (χ0n) is 17.6. The number of furan rings is 1. The van der Waals surface area contributed by atoms with Crippen LogP contribution >= 0.6 is 24.0 Å². The number of rotatable bonds is 6.